The molecule has 1 aliphatic carbocycles. The molecule has 0 atom stereocenters. The van der Waals surface area contributed by atoms with Gasteiger partial charge in [-0.25, -0.2) is 0 Å². The number of carbonyl (C=O) groups is 1. The van der Waals surface area contributed by atoms with E-state index in [9.17, 15) is 4.79 Å². The van der Waals surface area contributed by atoms with Gasteiger partial charge in [-0.3, -0.25) is 4.79 Å². The van der Waals surface area contributed by atoms with Crippen LogP contribution in [0.25, 0.3) is 0 Å². The Hall–Kier alpha value is -0.990. The minimum Gasteiger partial charge on any atom is -0.389 e. The third-order valence-electron chi connectivity index (χ3n) is 1.77. The molecular weight excluding hydrogens is 140 g/mol. The second-order valence-electron chi connectivity index (χ2n) is 2.63. The summed E-state index contributed by atoms with van der Waals surface area (Å²) in [5, 5.41) is 6.07. The van der Waals surface area contributed by atoms with Crippen LogP contribution in [0.15, 0.2) is 11.4 Å². The van der Waals surface area contributed by atoms with Crippen molar-refractivity contribution in [2.45, 2.75) is 19.8 Å². The van der Waals surface area contributed by atoms with Crippen LogP contribution in [0.1, 0.15) is 19.8 Å². The summed E-state index contributed by atoms with van der Waals surface area (Å²) in [5.41, 5.74) is 1.83. The SMILES string of the molecule is CCCNC1=C(NC)CC1=O. The average molecular weight is 154 g/mol. The molecule has 0 saturated carbocycles. The van der Waals surface area contributed by atoms with Crippen molar-refractivity contribution in [1.29, 1.82) is 0 Å². The van der Waals surface area contributed by atoms with Gasteiger partial charge in [-0.1, -0.05) is 6.92 Å². The zero-order valence-corrected chi connectivity index (χ0v) is 7.03. The first-order valence-corrected chi connectivity index (χ1v) is 3.97. The fraction of sp³-hybridized carbons (Fsp3) is 0.625. The highest BCUT2D eigenvalue weighted by Crippen LogP contribution is 2.17. The normalized spacial score (nSPS) is 16.4. The smallest absolute Gasteiger partial charge is 0.186 e. The summed E-state index contributed by atoms with van der Waals surface area (Å²) >= 11 is 0. The maximum Gasteiger partial charge on any atom is 0.186 e. The van der Waals surface area contributed by atoms with Crippen LogP contribution < -0.4 is 10.6 Å². The largest absolute Gasteiger partial charge is 0.389 e. The Morgan fingerprint density at radius 1 is 1.55 bits per heavy atom. The van der Waals surface area contributed by atoms with Gasteiger partial charge in [0.2, 0.25) is 0 Å². The zero-order chi connectivity index (χ0) is 8.27. The standard InChI is InChI=1S/C8H14N2O/c1-3-4-10-8-6(9-2)5-7(8)11/h9-10H,3-5H2,1-2H3. The monoisotopic (exact) mass is 154 g/mol. The fourth-order valence-electron chi connectivity index (χ4n) is 1.07. The minimum atomic E-state index is 0.225. The zero-order valence-electron chi connectivity index (χ0n) is 7.03. The molecule has 0 aromatic rings. The highest BCUT2D eigenvalue weighted by atomic mass is 16.1. The van der Waals surface area contributed by atoms with E-state index in [2.05, 4.69) is 17.6 Å². The van der Waals surface area contributed by atoms with Crippen molar-refractivity contribution in [3.05, 3.63) is 11.4 Å². The molecule has 0 aromatic heterocycles. The molecule has 0 aliphatic heterocycles. The van der Waals surface area contributed by atoms with Gasteiger partial charge in [0.25, 0.3) is 0 Å². The molecule has 0 aromatic carbocycles. The highest BCUT2D eigenvalue weighted by Gasteiger charge is 2.25. The predicted octanol–water partition coefficient (Wildman–Crippen LogP) is 0.390. The molecule has 0 radical (unpaired) electrons. The molecule has 0 heterocycles. The molecule has 3 heteroatoms. The second kappa shape index (κ2) is 3.42. The van der Waals surface area contributed by atoms with Gasteiger partial charge in [0.1, 0.15) is 0 Å². The van der Waals surface area contributed by atoms with E-state index in [4.69, 9.17) is 0 Å². The van der Waals surface area contributed by atoms with Crippen LogP contribution in [-0.2, 0) is 4.79 Å². The van der Waals surface area contributed by atoms with Gasteiger partial charge >= 0.3 is 0 Å². The van der Waals surface area contributed by atoms with Gasteiger partial charge in [0.15, 0.2) is 5.78 Å². The molecule has 1 rings (SSSR count). The summed E-state index contributed by atoms with van der Waals surface area (Å²) in [7, 11) is 1.84. The fourth-order valence-corrected chi connectivity index (χ4v) is 1.07. The number of nitrogens with one attached hydrogen (secondary N) is 2. The van der Waals surface area contributed by atoms with Gasteiger partial charge in [-0.05, 0) is 6.42 Å². The molecule has 3 nitrogen and oxygen atoms in total. The molecule has 0 unspecified atom stereocenters. The van der Waals surface area contributed by atoms with Gasteiger partial charge in [0, 0.05) is 19.3 Å². The third-order valence-corrected chi connectivity index (χ3v) is 1.77. The molecular formula is C8H14N2O. The van der Waals surface area contributed by atoms with E-state index in [-0.39, 0.29) is 5.78 Å². The average Bonchev–Trinajstić information content (AvgIpc) is 2.00. The number of hydrogen-bond donors (Lipinski definition) is 2. The summed E-state index contributed by atoms with van der Waals surface area (Å²) < 4.78 is 0. The Labute approximate surface area is 66.9 Å². The lowest BCUT2D eigenvalue weighted by molar-refractivity contribution is -0.117. The summed E-state index contributed by atoms with van der Waals surface area (Å²) in [5.74, 6) is 0.225. The van der Waals surface area contributed by atoms with E-state index in [1.807, 2.05) is 7.05 Å². The summed E-state index contributed by atoms with van der Waals surface area (Å²) in [6, 6.07) is 0. The molecule has 2 N–H and O–H groups in total. The van der Waals surface area contributed by atoms with Crippen molar-refractivity contribution >= 4 is 5.78 Å². The topological polar surface area (TPSA) is 41.1 Å². The van der Waals surface area contributed by atoms with E-state index in [1.54, 1.807) is 0 Å². The van der Waals surface area contributed by atoms with Crippen LogP contribution in [0.2, 0.25) is 0 Å². The van der Waals surface area contributed by atoms with Crippen molar-refractivity contribution in [1.82, 2.24) is 10.6 Å². The highest BCUT2D eigenvalue weighted by molar-refractivity contribution is 6.03. The predicted molar refractivity (Wildman–Crippen MR) is 44.0 cm³/mol. The Kier molecular flexibility index (Phi) is 2.52. The first-order chi connectivity index (χ1) is 5.29. The van der Waals surface area contributed by atoms with Crippen molar-refractivity contribution in [2.24, 2.45) is 0 Å². The van der Waals surface area contributed by atoms with Crippen molar-refractivity contribution in [3.63, 3.8) is 0 Å². The van der Waals surface area contributed by atoms with Crippen LogP contribution >= 0.6 is 0 Å². The van der Waals surface area contributed by atoms with E-state index < -0.39 is 0 Å². The maximum atomic E-state index is 10.9. The number of Topliss-reactive ketones (excluding diaryl/α,β-unsaturated/α-hetero) is 1. The molecule has 0 fully saturated rings. The molecule has 62 valence electrons. The first-order valence-electron chi connectivity index (χ1n) is 3.97. The summed E-state index contributed by atoms with van der Waals surface area (Å²) in [6.07, 6.45) is 1.62. The van der Waals surface area contributed by atoms with Gasteiger partial charge in [-0.2, -0.15) is 0 Å². The van der Waals surface area contributed by atoms with E-state index in [0.717, 1.165) is 24.4 Å². The van der Waals surface area contributed by atoms with Crippen LogP contribution in [0.5, 0.6) is 0 Å². The van der Waals surface area contributed by atoms with Crippen molar-refractivity contribution in [2.75, 3.05) is 13.6 Å². The van der Waals surface area contributed by atoms with Crippen molar-refractivity contribution in [3.8, 4) is 0 Å². The lowest BCUT2D eigenvalue weighted by atomic mass is 9.99. The number of allylic oxidation sites excluding steroid dienone is 2. The third kappa shape index (κ3) is 1.53. The van der Waals surface area contributed by atoms with Crippen LogP contribution in [-0.4, -0.2) is 19.4 Å². The first kappa shape index (κ1) is 8.11. The molecule has 1 aliphatic rings. The van der Waals surface area contributed by atoms with Gasteiger partial charge < -0.3 is 10.6 Å². The van der Waals surface area contributed by atoms with E-state index >= 15 is 0 Å². The molecule has 0 saturated heterocycles. The summed E-state index contributed by atoms with van der Waals surface area (Å²) in [4.78, 5) is 10.9. The Morgan fingerprint density at radius 3 is 2.73 bits per heavy atom. The molecule has 11 heavy (non-hydrogen) atoms. The Morgan fingerprint density at radius 2 is 2.27 bits per heavy atom. The van der Waals surface area contributed by atoms with Crippen molar-refractivity contribution < 1.29 is 4.79 Å². The Bertz CT molecular complexity index is 196. The lowest BCUT2D eigenvalue weighted by Gasteiger charge is -2.22. The van der Waals surface area contributed by atoms with Crippen LogP contribution in [0, 0.1) is 0 Å². The van der Waals surface area contributed by atoms with E-state index in [1.165, 1.54) is 0 Å². The van der Waals surface area contributed by atoms with Gasteiger partial charge in [0.05, 0.1) is 12.1 Å². The lowest BCUT2D eigenvalue weighted by Crippen LogP contribution is -2.35. The number of carbonyl (C=O) groups excluding carboxylic acids is 1. The van der Waals surface area contributed by atoms with E-state index in [0.29, 0.717) is 6.42 Å². The minimum absolute atomic E-state index is 0.225. The number of rotatable bonds is 4. The quantitative estimate of drug-likeness (QED) is 0.615. The van der Waals surface area contributed by atoms with Gasteiger partial charge in [-0.15, -0.1) is 0 Å². The van der Waals surface area contributed by atoms with Crippen LogP contribution in [0.4, 0.5) is 0 Å². The summed E-state index contributed by atoms with van der Waals surface area (Å²) in [6.45, 7) is 2.96. The molecule has 0 bridgehead atoms. The Balaban J connectivity index is 2.47. The molecule has 0 spiro atoms. The van der Waals surface area contributed by atoms with Crippen LogP contribution in [0.3, 0.4) is 0 Å². The number of ketones is 1. The number of hydrogen-bond acceptors (Lipinski definition) is 3. The second-order valence-corrected chi connectivity index (χ2v) is 2.63. The molecule has 0 amide bonds. The maximum absolute atomic E-state index is 10.9.